The molecule has 0 saturated carbocycles. The van der Waals surface area contributed by atoms with E-state index < -0.39 is 5.54 Å². The molecule has 2 rings (SSSR count). The van der Waals surface area contributed by atoms with E-state index in [0.717, 1.165) is 21.3 Å². The second-order valence-corrected chi connectivity index (χ2v) is 6.60. The van der Waals surface area contributed by atoms with Gasteiger partial charge in [-0.15, -0.1) is 0 Å². The summed E-state index contributed by atoms with van der Waals surface area (Å²) in [6.07, 6.45) is 0. The first-order chi connectivity index (χ1) is 10.8. The van der Waals surface area contributed by atoms with Crippen LogP contribution in [0.1, 0.15) is 31.0 Å². The molecule has 1 amide bonds. The van der Waals surface area contributed by atoms with Crippen molar-refractivity contribution >= 4 is 21.8 Å². The van der Waals surface area contributed by atoms with E-state index in [1.165, 1.54) is 0 Å². The van der Waals surface area contributed by atoms with Gasteiger partial charge < -0.3 is 15.8 Å². The highest BCUT2D eigenvalue weighted by Gasteiger charge is 2.31. The third-order valence-corrected chi connectivity index (χ3v) is 4.39. The zero-order valence-corrected chi connectivity index (χ0v) is 15.1. The van der Waals surface area contributed by atoms with Crippen molar-refractivity contribution in [1.82, 2.24) is 5.32 Å². The smallest absolute Gasteiger partial charge is 0.244 e. The van der Waals surface area contributed by atoms with Crippen molar-refractivity contribution in [1.29, 1.82) is 0 Å². The van der Waals surface area contributed by atoms with Crippen LogP contribution in [-0.2, 0) is 10.3 Å². The highest BCUT2D eigenvalue weighted by molar-refractivity contribution is 9.10. The molecule has 0 aliphatic carbocycles. The van der Waals surface area contributed by atoms with E-state index in [-0.39, 0.29) is 11.9 Å². The zero-order valence-electron chi connectivity index (χ0n) is 13.5. The van der Waals surface area contributed by atoms with Gasteiger partial charge >= 0.3 is 0 Å². The molecule has 23 heavy (non-hydrogen) atoms. The predicted octanol–water partition coefficient (Wildman–Crippen LogP) is 3.51. The van der Waals surface area contributed by atoms with Crippen molar-refractivity contribution in [2.45, 2.75) is 25.4 Å². The summed E-state index contributed by atoms with van der Waals surface area (Å²) < 4.78 is 6.16. The topological polar surface area (TPSA) is 64.3 Å². The Morgan fingerprint density at radius 2 is 1.91 bits per heavy atom. The number of rotatable bonds is 5. The Morgan fingerprint density at radius 3 is 2.52 bits per heavy atom. The van der Waals surface area contributed by atoms with E-state index in [1.807, 2.05) is 55.5 Å². The van der Waals surface area contributed by atoms with Gasteiger partial charge in [-0.05, 0) is 49.2 Å². The largest absolute Gasteiger partial charge is 0.497 e. The summed E-state index contributed by atoms with van der Waals surface area (Å²) >= 11 is 3.38. The Balaban J connectivity index is 2.14. The van der Waals surface area contributed by atoms with E-state index in [2.05, 4.69) is 21.2 Å². The maximum atomic E-state index is 12.6. The van der Waals surface area contributed by atoms with Crippen molar-refractivity contribution < 1.29 is 9.53 Å². The molecule has 0 heterocycles. The number of carbonyl (C=O) groups excluding carboxylic acids is 1. The van der Waals surface area contributed by atoms with Crippen LogP contribution in [0.25, 0.3) is 0 Å². The van der Waals surface area contributed by atoms with Gasteiger partial charge in [-0.3, -0.25) is 4.79 Å². The van der Waals surface area contributed by atoms with Gasteiger partial charge in [0, 0.05) is 4.47 Å². The first-order valence-electron chi connectivity index (χ1n) is 7.34. The van der Waals surface area contributed by atoms with E-state index in [9.17, 15) is 4.79 Å². The van der Waals surface area contributed by atoms with Crippen LogP contribution in [0.5, 0.6) is 5.75 Å². The van der Waals surface area contributed by atoms with Crippen LogP contribution in [0.15, 0.2) is 53.0 Å². The van der Waals surface area contributed by atoms with Crippen molar-refractivity contribution in [3.8, 4) is 5.75 Å². The highest BCUT2D eigenvalue weighted by Crippen LogP contribution is 2.23. The standard InChI is InChI=1S/C18H21BrN2O2/c1-12(13-5-4-6-16(11-13)23-3)21-17(22)18(2,20)14-7-9-15(19)10-8-14/h4-12H,20H2,1-3H3,(H,21,22). The molecular weight excluding hydrogens is 356 g/mol. The van der Waals surface area contributed by atoms with Crippen molar-refractivity contribution in [3.63, 3.8) is 0 Å². The molecule has 0 aromatic heterocycles. The molecule has 0 aliphatic rings. The number of methoxy groups -OCH3 is 1. The Hall–Kier alpha value is -1.85. The molecule has 5 heteroatoms. The Labute approximate surface area is 145 Å². The molecule has 0 radical (unpaired) electrons. The van der Waals surface area contributed by atoms with Gasteiger partial charge in [-0.25, -0.2) is 0 Å². The molecule has 0 spiro atoms. The number of carbonyl (C=O) groups is 1. The molecule has 2 atom stereocenters. The quantitative estimate of drug-likeness (QED) is 0.838. The van der Waals surface area contributed by atoms with E-state index >= 15 is 0 Å². The average Bonchev–Trinajstić information content (AvgIpc) is 2.55. The summed E-state index contributed by atoms with van der Waals surface area (Å²) in [5.41, 5.74) is 6.88. The van der Waals surface area contributed by atoms with Crippen LogP contribution in [-0.4, -0.2) is 13.0 Å². The maximum absolute atomic E-state index is 12.6. The normalized spacial score (nSPS) is 14.7. The first-order valence-corrected chi connectivity index (χ1v) is 8.13. The molecule has 0 fully saturated rings. The van der Waals surface area contributed by atoms with E-state index in [1.54, 1.807) is 14.0 Å². The fourth-order valence-electron chi connectivity index (χ4n) is 2.27. The average molecular weight is 377 g/mol. The Bertz CT molecular complexity index is 684. The summed E-state index contributed by atoms with van der Waals surface area (Å²) in [4.78, 5) is 12.6. The minimum absolute atomic E-state index is 0.170. The second-order valence-electron chi connectivity index (χ2n) is 5.68. The van der Waals surface area contributed by atoms with Gasteiger partial charge in [0.15, 0.2) is 0 Å². The summed E-state index contributed by atoms with van der Waals surface area (Å²) in [7, 11) is 1.62. The number of amides is 1. The maximum Gasteiger partial charge on any atom is 0.244 e. The highest BCUT2D eigenvalue weighted by atomic mass is 79.9. The number of benzene rings is 2. The Kier molecular flexibility index (Phi) is 5.44. The molecule has 122 valence electrons. The van der Waals surface area contributed by atoms with Crippen LogP contribution in [0.3, 0.4) is 0 Å². The number of nitrogens with two attached hydrogens (primary N) is 1. The lowest BCUT2D eigenvalue weighted by Gasteiger charge is -2.26. The third kappa shape index (κ3) is 4.12. The number of ether oxygens (including phenoxy) is 1. The number of halogens is 1. The lowest BCUT2D eigenvalue weighted by Crippen LogP contribution is -2.49. The van der Waals surface area contributed by atoms with Crippen molar-refractivity contribution in [3.05, 3.63) is 64.1 Å². The molecule has 0 bridgehead atoms. The van der Waals surface area contributed by atoms with Gasteiger partial charge in [-0.2, -0.15) is 0 Å². The summed E-state index contributed by atoms with van der Waals surface area (Å²) in [6, 6.07) is 14.9. The molecule has 2 aromatic carbocycles. The monoisotopic (exact) mass is 376 g/mol. The van der Waals surface area contributed by atoms with Gasteiger partial charge in [0.2, 0.25) is 5.91 Å². The first kappa shape index (κ1) is 17.5. The lowest BCUT2D eigenvalue weighted by atomic mass is 9.91. The van der Waals surface area contributed by atoms with Gasteiger partial charge in [0.05, 0.1) is 13.2 Å². The molecular formula is C18H21BrN2O2. The lowest BCUT2D eigenvalue weighted by molar-refractivity contribution is -0.126. The number of hydrogen-bond donors (Lipinski definition) is 2. The fourth-order valence-corrected chi connectivity index (χ4v) is 2.53. The summed E-state index contributed by atoms with van der Waals surface area (Å²) in [5.74, 6) is 0.530. The minimum atomic E-state index is -1.10. The molecule has 3 N–H and O–H groups in total. The summed E-state index contributed by atoms with van der Waals surface area (Å²) in [6.45, 7) is 3.63. The molecule has 0 saturated heterocycles. The van der Waals surface area contributed by atoms with Crippen molar-refractivity contribution in [2.24, 2.45) is 5.73 Å². The second kappa shape index (κ2) is 7.15. The number of nitrogens with one attached hydrogen (secondary N) is 1. The van der Waals surface area contributed by atoms with Crippen LogP contribution >= 0.6 is 15.9 Å². The van der Waals surface area contributed by atoms with E-state index in [0.29, 0.717) is 0 Å². The SMILES string of the molecule is COc1cccc(C(C)NC(=O)C(C)(N)c2ccc(Br)cc2)c1. The predicted molar refractivity (Wildman–Crippen MR) is 95.2 cm³/mol. The van der Waals surface area contributed by atoms with Crippen LogP contribution < -0.4 is 15.8 Å². The zero-order chi connectivity index (χ0) is 17.0. The molecule has 4 nitrogen and oxygen atoms in total. The van der Waals surface area contributed by atoms with Gasteiger partial charge in [0.1, 0.15) is 11.3 Å². The molecule has 2 aromatic rings. The van der Waals surface area contributed by atoms with Crippen LogP contribution in [0.2, 0.25) is 0 Å². The fraction of sp³-hybridized carbons (Fsp3) is 0.278. The van der Waals surface area contributed by atoms with Gasteiger partial charge in [0.25, 0.3) is 0 Å². The molecule has 2 unspecified atom stereocenters. The van der Waals surface area contributed by atoms with E-state index in [4.69, 9.17) is 10.5 Å². The van der Waals surface area contributed by atoms with Crippen LogP contribution in [0, 0.1) is 0 Å². The third-order valence-electron chi connectivity index (χ3n) is 3.86. The van der Waals surface area contributed by atoms with Crippen LogP contribution in [0.4, 0.5) is 0 Å². The minimum Gasteiger partial charge on any atom is -0.497 e. The van der Waals surface area contributed by atoms with Gasteiger partial charge in [-0.1, -0.05) is 40.2 Å². The van der Waals surface area contributed by atoms with Crippen molar-refractivity contribution in [2.75, 3.05) is 7.11 Å². The number of hydrogen-bond acceptors (Lipinski definition) is 3. The summed E-state index contributed by atoms with van der Waals surface area (Å²) in [5, 5.41) is 2.97. The Morgan fingerprint density at radius 1 is 1.26 bits per heavy atom. The molecule has 0 aliphatic heterocycles.